The van der Waals surface area contributed by atoms with E-state index in [1.807, 2.05) is 18.9 Å². The highest BCUT2D eigenvalue weighted by Gasteiger charge is 2.12. The van der Waals surface area contributed by atoms with Crippen LogP contribution in [0.1, 0.15) is 23.8 Å². The summed E-state index contributed by atoms with van der Waals surface area (Å²) in [6.45, 7) is 5.49. The Morgan fingerprint density at radius 1 is 1.59 bits per heavy atom. The van der Waals surface area contributed by atoms with Crippen LogP contribution in [0.25, 0.3) is 0 Å². The lowest BCUT2D eigenvalue weighted by Crippen LogP contribution is -2.31. The van der Waals surface area contributed by atoms with Crippen molar-refractivity contribution in [2.45, 2.75) is 26.7 Å². The second kappa shape index (κ2) is 6.77. The maximum atomic E-state index is 11.8. The van der Waals surface area contributed by atoms with Gasteiger partial charge >= 0.3 is 0 Å². The number of aryl methyl sites for hydroxylation is 1. The Morgan fingerprint density at radius 2 is 2.29 bits per heavy atom. The predicted octanol–water partition coefficient (Wildman–Crippen LogP) is 2.04. The molecule has 0 aliphatic carbocycles. The molecule has 0 fully saturated rings. The predicted molar refractivity (Wildman–Crippen MR) is 73.2 cm³/mol. The molecule has 1 atom stereocenters. The molecular weight excluding hydrogens is 232 g/mol. The molecule has 0 radical (unpaired) electrons. The first-order chi connectivity index (χ1) is 8.04. The van der Waals surface area contributed by atoms with E-state index in [-0.39, 0.29) is 11.8 Å². The van der Waals surface area contributed by atoms with Crippen LogP contribution in [-0.2, 0) is 11.2 Å². The van der Waals surface area contributed by atoms with Gasteiger partial charge < -0.3 is 10.6 Å². The Labute approximate surface area is 108 Å². The molecule has 3 nitrogen and oxygen atoms in total. The SMILES string of the molecule is Cc1ccsc1CCN(C)C(=O)CC(C)CN. The summed E-state index contributed by atoms with van der Waals surface area (Å²) in [5, 5.41) is 2.10. The van der Waals surface area contributed by atoms with Gasteiger partial charge in [0.1, 0.15) is 0 Å². The minimum Gasteiger partial charge on any atom is -0.345 e. The molecule has 96 valence electrons. The zero-order valence-electron chi connectivity index (χ0n) is 10.9. The van der Waals surface area contributed by atoms with Crippen LogP contribution in [0, 0.1) is 12.8 Å². The van der Waals surface area contributed by atoms with Crippen molar-refractivity contribution in [1.82, 2.24) is 4.90 Å². The highest BCUT2D eigenvalue weighted by molar-refractivity contribution is 7.10. The van der Waals surface area contributed by atoms with Crippen molar-refractivity contribution in [1.29, 1.82) is 0 Å². The van der Waals surface area contributed by atoms with E-state index in [0.717, 1.165) is 13.0 Å². The molecule has 1 amide bonds. The summed E-state index contributed by atoms with van der Waals surface area (Å²) in [4.78, 5) is 15.0. The van der Waals surface area contributed by atoms with Gasteiger partial charge in [-0.05, 0) is 42.8 Å². The molecule has 1 rings (SSSR count). The number of nitrogens with two attached hydrogens (primary N) is 1. The molecule has 0 saturated heterocycles. The first-order valence-corrected chi connectivity index (χ1v) is 6.89. The van der Waals surface area contributed by atoms with Crippen molar-refractivity contribution in [2.75, 3.05) is 20.1 Å². The summed E-state index contributed by atoms with van der Waals surface area (Å²) in [6, 6.07) is 2.12. The molecule has 0 bridgehead atoms. The van der Waals surface area contributed by atoms with Crippen LogP contribution >= 0.6 is 11.3 Å². The summed E-state index contributed by atoms with van der Waals surface area (Å²) < 4.78 is 0. The fourth-order valence-electron chi connectivity index (χ4n) is 1.59. The summed E-state index contributed by atoms with van der Waals surface area (Å²) in [5.74, 6) is 0.464. The minimum atomic E-state index is 0.192. The van der Waals surface area contributed by atoms with E-state index >= 15 is 0 Å². The summed E-state index contributed by atoms with van der Waals surface area (Å²) >= 11 is 1.76. The third-order valence-electron chi connectivity index (χ3n) is 2.99. The molecule has 0 spiro atoms. The average molecular weight is 254 g/mol. The third kappa shape index (κ3) is 4.48. The second-order valence-corrected chi connectivity index (χ2v) is 5.64. The Balaban J connectivity index is 2.36. The zero-order chi connectivity index (χ0) is 12.8. The fourth-order valence-corrected chi connectivity index (χ4v) is 2.49. The summed E-state index contributed by atoms with van der Waals surface area (Å²) in [5.41, 5.74) is 6.85. The zero-order valence-corrected chi connectivity index (χ0v) is 11.7. The number of carbonyl (C=O) groups excluding carboxylic acids is 1. The van der Waals surface area contributed by atoms with E-state index in [2.05, 4.69) is 18.4 Å². The van der Waals surface area contributed by atoms with Crippen LogP contribution in [0.2, 0.25) is 0 Å². The van der Waals surface area contributed by atoms with Crippen LogP contribution in [0.5, 0.6) is 0 Å². The number of rotatable bonds is 6. The fraction of sp³-hybridized carbons (Fsp3) is 0.615. The number of hydrogen-bond acceptors (Lipinski definition) is 3. The van der Waals surface area contributed by atoms with E-state index in [9.17, 15) is 4.79 Å². The van der Waals surface area contributed by atoms with E-state index in [0.29, 0.717) is 13.0 Å². The summed E-state index contributed by atoms with van der Waals surface area (Å²) in [7, 11) is 1.87. The maximum Gasteiger partial charge on any atom is 0.222 e. The highest BCUT2D eigenvalue weighted by Crippen LogP contribution is 2.16. The Bertz CT molecular complexity index is 362. The highest BCUT2D eigenvalue weighted by atomic mass is 32.1. The van der Waals surface area contributed by atoms with Gasteiger partial charge in [-0.15, -0.1) is 11.3 Å². The normalized spacial score (nSPS) is 12.5. The molecular formula is C13H22N2OS. The molecule has 17 heavy (non-hydrogen) atoms. The smallest absolute Gasteiger partial charge is 0.222 e. The number of carbonyl (C=O) groups is 1. The number of hydrogen-bond donors (Lipinski definition) is 1. The molecule has 0 saturated carbocycles. The number of nitrogens with zero attached hydrogens (tertiary/aromatic N) is 1. The summed E-state index contributed by atoms with van der Waals surface area (Å²) in [6.07, 6.45) is 1.50. The lowest BCUT2D eigenvalue weighted by atomic mass is 10.1. The number of thiophene rings is 1. The quantitative estimate of drug-likeness (QED) is 0.844. The Kier molecular flexibility index (Phi) is 5.65. The van der Waals surface area contributed by atoms with Gasteiger partial charge in [-0.25, -0.2) is 0 Å². The maximum absolute atomic E-state index is 11.8. The molecule has 1 unspecified atom stereocenters. The van der Waals surface area contributed by atoms with Gasteiger partial charge in [-0.1, -0.05) is 6.92 Å². The molecule has 0 aliphatic rings. The van der Waals surface area contributed by atoms with E-state index < -0.39 is 0 Å². The first kappa shape index (κ1) is 14.2. The van der Waals surface area contributed by atoms with Gasteiger partial charge in [0.25, 0.3) is 0 Å². The number of amides is 1. The number of likely N-dealkylation sites (N-methyl/N-ethyl adjacent to an activating group) is 1. The van der Waals surface area contributed by atoms with Crippen molar-refractivity contribution >= 4 is 17.2 Å². The van der Waals surface area contributed by atoms with Crippen LogP contribution in [0.3, 0.4) is 0 Å². The lowest BCUT2D eigenvalue weighted by molar-refractivity contribution is -0.130. The second-order valence-electron chi connectivity index (χ2n) is 4.64. The van der Waals surface area contributed by atoms with Crippen LogP contribution in [0.4, 0.5) is 0 Å². The molecule has 0 aromatic carbocycles. The van der Waals surface area contributed by atoms with Crippen molar-refractivity contribution in [3.8, 4) is 0 Å². The first-order valence-electron chi connectivity index (χ1n) is 6.01. The third-order valence-corrected chi connectivity index (χ3v) is 4.08. The van der Waals surface area contributed by atoms with Gasteiger partial charge in [-0.3, -0.25) is 4.79 Å². The minimum absolute atomic E-state index is 0.192. The molecule has 4 heteroatoms. The van der Waals surface area contributed by atoms with Gasteiger partial charge in [0.2, 0.25) is 5.91 Å². The monoisotopic (exact) mass is 254 g/mol. The Hall–Kier alpha value is -0.870. The van der Waals surface area contributed by atoms with E-state index in [1.165, 1.54) is 10.4 Å². The topological polar surface area (TPSA) is 46.3 Å². The standard InChI is InChI=1S/C13H22N2OS/c1-10(9-14)8-13(16)15(3)6-4-12-11(2)5-7-17-12/h5,7,10H,4,6,8-9,14H2,1-3H3. The van der Waals surface area contributed by atoms with Gasteiger partial charge in [0.15, 0.2) is 0 Å². The molecule has 1 aromatic rings. The molecule has 1 heterocycles. The Morgan fingerprint density at radius 3 is 2.82 bits per heavy atom. The van der Waals surface area contributed by atoms with Gasteiger partial charge in [0, 0.05) is 24.9 Å². The van der Waals surface area contributed by atoms with Crippen molar-refractivity contribution in [2.24, 2.45) is 11.7 Å². The average Bonchev–Trinajstić information content (AvgIpc) is 2.71. The van der Waals surface area contributed by atoms with E-state index in [1.54, 1.807) is 11.3 Å². The van der Waals surface area contributed by atoms with Gasteiger partial charge in [0.05, 0.1) is 0 Å². The molecule has 2 N–H and O–H groups in total. The van der Waals surface area contributed by atoms with Crippen LogP contribution < -0.4 is 5.73 Å². The van der Waals surface area contributed by atoms with Crippen molar-refractivity contribution in [3.05, 3.63) is 21.9 Å². The van der Waals surface area contributed by atoms with Crippen LogP contribution in [0.15, 0.2) is 11.4 Å². The van der Waals surface area contributed by atoms with Crippen molar-refractivity contribution < 1.29 is 4.79 Å². The molecule has 0 aliphatic heterocycles. The van der Waals surface area contributed by atoms with Crippen LogP contribution in [-0.4, -0.2) is 30.9 Å². The lowest BCUT2D eigenvalue weighted by Gasteiger charge is -2.18. The largest absolute Gasteiger partial charge is 0.345 e. The molecule has 1 aromatic heterocycles. The van der Waals surface area contributed by atoms with E-state index in [4.69, 9.17) is 5.73 Å². The van der Waals surface area contributed by atoms with Crippen molar-refractivity contribution in [3.63, 3.8) is 0 Å². The van der Waals surface area contributed by atoms with Gasteiger partial charge in [-0.2, -0.15) is 0 Å².